The highest BCUT2D eigenvalue weighted by atomic mass is 16.5. The zero-order chi connectivity index (χ0) is 19.9. The van der Waals surface area contributed by atoms with Crippen LogP contribution in [0.4, 0.5) is 4.79 Å². The Balaban J connectivity index is 1.80. The maximum Gasteiger partial charge on any atom is 0.344 e. The lowest BCUT2D eigenvalue weighted by atomic mass is 9.77. The van der Waals surface area contributed by atoms with E-state index >= 15 is 0 Å². The number of rotatable bonds is 3. The maximum absolute atomic E-state index is 12.8. The van der Waals surface area contributed by atoms with E-state index in [1.165, 1.54) is 7.11 Å². The Kier molecular flexibility index (Phi) is 4.71. The number of carbonyl (C=O) groups is 4. The Morgan fingerprint density at radius 3 is 2.44 bits per heavy atom. The van der Waals surface area contributed by atoms with Gasteiger partial charge in [0.2, 0.25) is 0 Å². The minimum Gasteiger partial charge on any atom is -0.465 e. The molecule has 9 nitrogen and oxygen atoms in total. The van der Waals surface area contributed by atoms with Crippen molar-refractivity contribution in [2.24, 2.45) is 5.92 Å². The van der Waals surface area contributed by atoms with Crippen molar-refractivity contribution in [3.05, 3.63) is 22.5 Å². The summed E-state index contributed by atoms with van der Waals surface area (Å²) in [5.41, 5.74) is 2.66. The number of carbonyl (C=O) groups excluding carboxylic acids is 4. The molecule has 1 saturated heterocycles. The minimum absolute atomic E-state index is 0.103. The SMILES string of the molecule is COC(=O)c1c(C)[nH]c(C(=O)NN2C(=O)NC3(CCC(C)CC3)C2=O)c1C. The van der Waals surface area contributed by atoms with Gasteiger partial charge in [0.1, 0.15) is 11.2 Å². The van der Waals surface area contributed by atoms with E-state index < -0.39 is 29.4 Å². The van der Waals surface area contributed by atoms with E-state index in [0.717, 1.165) is 17.9 Å². The average molecular weight is 376 g/mol. The Bertz CT molecular complexity index is 820. The molecule has 9 heteroatoms. The second-order valence-electron chi connectivity index (χ2n) is 7.39. The Morgan fingerprint density at radius 1 is 1.22 bits per heavy atom. The molecule has 3 rings (SSSR count). The number of amides is 4. The fraction of sp³-hybridized carbons (Fsp3) is 0.556. The number of H-pyrrole nitrogens is 1. The number of nitrogens with zero attached hydrogens (tertiary/aromatic N) is 1. The molecule has 3 N–H and O–H groups in total. The fourth-order valence-electron chi connectivity index (χ4n) is 3.86. The van der Waals surface area contributed by atoms with Gasteiger partial charge in [-0.3, -0.25) is 15.0 Å². The van der Waals surface area contributed by atoms with Crippen LogP contribution in [0.1, 0.15) is 64.7 Å². The van der Waals surface area contributed by atoms with E-state index in [1.54, 1.807) is 13.8 Å². The quantitative estimate of drug-likeness (QED) is 0.546. The molecule has 0 bridgehead atoms. The van der Waals surface area contributed by atoms with Gasteiger partial charge in [0.15, 0.2) is 0 Å². The number of methoxy groups -OCH3 is 1. The van der Waals surface area contributed by atoms with E-state index in [0.29, 0.717) is 30.0 Å². The van der Waals surface area contributed by atoms with Crippen LogP contribution in [0.3, 0.4) is 0 Å². The molecule has 27 heavy (non-hydrogen) atoms. The molecule has 1 spiro atoms. The van der Waals surface area contributed by atoms with Crippen molar-refractivity contribution in [2.45, 2.75) is 52.0 Å². The number of urea groups is 1. The van der Waals surface area contributed by atoms with Crippen LogP contribution >= 0.6 is 0 Å². The molecule has 1 saturated carbocycles. The summed E-state index contributed by atoms with van der Waals surface area (Å²) in [6.45, 7) is 5.35. The first kappa shape index (κ1) is 18.9. The van der Waals surface area contributed by atoms with Crippen LogP contribution in [0.25, 0.3) is 0 Å². The molecule has 0 radical (unpaired) electrons. The van der Waals surface area contributed by atoms with Gasteiger partial charge in [-0.25, -0.2) is 9.59 Å². The van der Waals surface area contributed by atoms with Crippen LogP contribution < -0.4 is 10.7 Å². The van der Waals surface area contributed by atoms with Crippen LogP contribution in [-0.2, 0) is 9.53 Å². The number of imide groups is 1. The van der Waals surface area contributed by atoms with E-state index in [2.05, 4.69) is 22.7 Å². The van der Waals surface area contributed by atoms with Gasteiger partial charge < -0.3 is 15.0 Å². The fourth-order valence-corrected chi connectivity index (χ4v) is 3.86. The Morgan fingerprint density at radius 2 is 1.85 bits per heavy atom. The maximum atomic E-state index is 12.8. The zero-order valence-electron chi connectivity index (χ0n) is 15.9. The number of nitrogens with one attached hydrogen (secondary N) is 3. The predicted molar refractivity (Wildman–Crippen MR) is 94.8 cm³/mol. The molecule has 2 aliphatic rings. The van der Waals surface area contributed by atoms with Gasteiger partial charge in [-0.2, -0.15) is 5.01 Å². The van der Waals surface area contributed by atoms with Crippen molar-refractivity contribution in [3.8, 4) is 0 Å². The highest BCUT2D eigenvalue weighted by molar-refractivity contribution is 6.09. The van der Waals surface area contributed by atoms with Crippen molar-refractivity contribution in [3.63, 3.8) is 0 Å². The smallest absolute Gasteiger partial charge is 0.344 e. The average Bonchev–Trinajstić information content (AvgIpc) is 3.05. The summed E-state index contributed by atoms with van der Waals surface area (Å²) in [7, 11) is 1.26. The van der Waals surface area contributed by atoms with Crippen LogP contribution in [-0.4, -0.2) is 46.5 Å². The summed E-state index contributed by atoms with van der Waals surface area (Å²) in [6, 6.07) is -0.642. The summed E-state index contributed by atoms with van der Waals surface area (Å²) in [6.07, 6.45) is 2.78. The predicted octanol–water partition coefficient (Wildman–Crippen LogP) is 1.56. The molecule has 1 aliphatic heterocycles. The van der Waals surface area contributed by atoms with E-state index in [1.807, 2.05) is 0 Å². The number of aromatic nitrogens is 1. The second kappa shape index (κ2) is 6.71. The first-order valence-corrected chi connectivity index (χ1v) is 8.95. The van der Waals surface area contributed by atoms with Gasteiger partial charge in [-0.1, -0.05) is 6.92 Å². The molecule has 2 heterocycles. The highest BCUT2D eigenvalue weighted by Gasteiger charge is 2.53. The summed E-state index contributed by atoms with van der Waals surface area (Å²) >= 11 is 0. The molecule has 0 unspecified atom stereocenters. The third-order valence-electron chi connectivity index (χ3n) is 5.56. The van der Waals surface area contributed by atoms with E-state index in [4.69, 9.17) is 4.74 Å². The topological polar surface area (TPSA) is 121 Å². The number of hydrogen-bond donors (Lipinski definition) is 3. The van der Waals surface area contributed by atoms with Gasteiger partial charge in [-0.05, 0) is 51.0 Å². The third kappa shape index (κ3) is 3.07. The lowest BCUT2D eigenvalue weighted by molar-refractivity contribution is -0.134. The highest BCUT2D eigenvalue weighted by Crippen LogP contribution is 2.35. The summed E-state index contributed by atoms with van der Waals surface area (Å²) in [5, 5.41) is 3.49. The van der Waals surface area contributed by atoms with E-state index in [9.17, 15) is 19.2 Å². The molecule has 1 aliphatic carbocycles. The number of hydrazine groups is 1. The first-order valence-electron chi connectivity index (χ1n) is 8.95. The normalized spacial score (nSPS) is 24.9. The van der Waals surface area contributed by atoms with Crippen molar-refractivity contribution < 1.29 is 23.9 Å². The van der Waals surface area contributed by atoms with Crippen molar-refractivity contribution in [2.75, 3.05) is 7.11 Å². The zero-order valence-corrected chi connectivity index (χ0v) is 15.9. The molecule has 2 fully saturated rings. The Hall–Kier alpha value is -2.84. The summed E-state index contributed by atoms with van der Waals surface area (Å²) < 4.78 is 4.72. The molecule has 1 aromatic rings. The third-order valence-corrected chi connectivity index (χ3v) is 5.56. The molecular weight excluding hydrogens is 352 g/mol. The lowest BCUT2D eigenvalue weighted by Gasteiger charge is -2.33. The van der Waals surface area contributed by atoms with Gasteiger partial charge in [0, 0.05) is 5.69 Å². The van der Waals surface area contributed by atoms with Crippen LogP contribution in [0.15, 0.2) is 0 Å². The van der Waals surface area contributed by atoms with Crippen molar-refractivity contribution in [1.29, 1.82) is 0 Å². The van der Waals surface area contributed by atoms with Gasteiger partial charge in [0.05, 0.1) is 12.7 Å². The van der Waals surface area contributed by atoms with E-state index in [-0.39, 0.29) is 11.3 Å². The first-order chi connectivity index (χ1) is 12.7. The van der Waals surface area contributed by atoms with Gasteiger partial charge in [-0.15, -0.1) is 0 Å². The van der Waals surface area contributed by atoms with Crippen LogP contribution in [0.5, 0.6) is 0 Å². The molecule has 0 atom stereocenters. The number of esters is 1. The lowest BCUT2D eigenvalue weighted by Crippen LogP contribution is -2.51. The molecule has 4 amide bonds. The van der Waals surface area contributed by atoms with Gasteiger partial charge in [0.25, 0.3) is 11.8 Å². The molecule has 1 aromatic heterocycles. The number of hydrogen-bond acceptors (Lipinski definition) is 5. The largest absolute Gasteiger partial charge is 0.465 e. The molecular formula is C18H24N4O5. The molecule has 146 valence electrons. The minimum atomic E-state index is -0.936. The van der Waals surface area contributed by atoms with Crippen LogP contribution in [0.2, 0.25) is 0 Å². The summed E-state index contributed by atoms with van der Waals surface area (Å²) in [4.78, 5) is 52.5. The van der Waals surface area contributed by atoms with Gasteiger partial charge >= 0.3 is 12.0 Å². The number of ether oxygens (including phenoxy) is 1. The summed E-state index contributed by atoms with van der Waals surface area (Å²) in [5.74, 6) is -1.17. The van der Waals surface area contributed by atoms with Crippen molar-refractivity contribution in [1.82, 2.24) is 20.7 Å². The standard InChI is InChI=1S/C18H24N4O5/c1-9-5-7-18(8-6-9)16(25)22(17(26)20-18)21-14(23)13-10(2)12(11(3)19-13)15(24)27-4/h9,19H,5-8H2,1-4H3,(H,20,26)(H,21,23). The monoisotopic (exact) mass is 376 g/mol. The number of aryl methyl sites for hydroxylation is 1. The van der Waals surface area contributed by atoms with Crippen LogP contribution in [0, 0.1) is 19.8 Å². The number of aromatic amines is 1. The van der Waals surface area contributed by atoms with Crippen molar-refractivity contribution >= 4 is 23.8 Å². The second-order valence-corrected chi connectivity index (χ2v) is 7.39. The molecule has 0 aromatic carbocycles. The Labute approximate surface area is 156 Å².